The minimum absolute atomic E-state index is 0.0962. The minimum atomic E-state index is -0.368. The molecule has 138 valence electrons. The predicted octanol–water partition coefficient (Wildman–Crippen LogP) is 3.08. The fourth-order valence-electron chi connectivity index (χ4n) is 3.42. The monoisotopic (exact) mass is 356 g/mol. The van der Waals surface area contributed by atoms with Gasteiger partial charge in [-0.05, 0) is 37.6 Å². The van der Waals surface area contributed by atoms with E-state index in [4.69, 9.17) is 4.74 Å². The molecule has 0 radical (unpaired) electrons. The molecule has 7 heteroatoms. The van der Waals surface area contributed by atoms with Crippen LogP contribution < -0.4 is 9.80 Å². The van der Waals surface area contributed by atoms with Crippen LogP contribution in [0.25, 0.3) is 0 Å². The Hall–Kier alpha value is -2.67. The molecule has 1 aliphatic rings. The molecule has 0 aliphatic carbocycles. The first-order valence-electron chi connectivity index (χ1n) is 8.69. The normalized spacial score (nSPS) is 14.6. The maximum atomic E-state index is 11.0. The smallest absolute Gasteiger partial charge is 0.269 e. The summed E-state index contributed by atoms with van der Waals surface area (Å²) >= 11 is 0. The Morgan fingerprint density at radius 2 is 1.81 bits per heavy atom. The lowest BCUT2D eigenvalue weighted by atomic mass is 10.1. The van der Waals surface area contributed by atoms with Crippen molar-refractivity contribution in [1.82, 2.24) is 4.98 Å². The molecule has 2 aromatic rings. The Labute approximate surface area is 153 Å². The Morgan fingerprint density at radius 3 is 2.42 bits per heavy atom. The number of anilines is 2. The molecule has 0 spiro atoms. The van der Waals surface area contributed by atoms with Crippen molar-refractivity contribution < 1.29 is 9.66 Å². The first-order valence-corrected chi connectivity index (χ1v) is 8.69. The first kappa shape index (κ1) is 18.1. The molecule has 0 saturated carbocycles. The Morgan fingerprint density at radius 1 is 1.12 bits per heavy atom. The Bertz CT molecular complexity index is 781. The highest BCUT2D eigenvalue weighted by Gasteiger charge is 2.22. The van der Waals surface area contributed by atoms with Crippen molar-refractivity contribution in [2.24, 2.45) is 0 Å². The lowest BCUT2D eigenvalue weighted by Gasteiger charge is -2.37. The van der Waals surface area contributed by atoms with E-state index in [0.29, 0.717) is 6.61 Å². The van der Waals surface area contributed by atoms with Crippen molar-refractivity contribution in [2.75, 3.05) is 43.1 Å². The molecule has 1 aromatic heterocycles. The van der Waals surface area contributed by atoms with Gasteiger partial charge >= 0.3 is 0 Å². The largest absolute Gasteiger partial charge is 0.380 e. The Balaban J connectivity index is 1.76. The summed E-state index contributed by atoms with van der Waals surface area (Å²) in [6, 6.07) is 9.19. The van der Waals surface area contributed by atoms with Gasteiger partial charge in [0.05, 0.1) is 11.5 Å². The van der Waals surface area contributed by atoms with Gasteiger partial charge in [-0.3, -0.25) is 10.1 Å². The van der Waals surface area contributed by atoms with Crippen LogP contribution in [0.3, 0.4) is 0 Å². The van der Waals surface area contributed by atoms with Crippen molar-refractivity contribution in [2.45, 2.75) is 20.5 Å². The van der Waals surface area contributed by atoms with Crippen molar-refractivity contribution in [3.05, 3.63) is 57.3 Å². The van der Waals surface area contributed by atoms with Gasteiger partial charge in [-0.15, -0.1) is 0 Å². The molecular weight excluding hydrogens is 332 g/mol. The number of non-ortho nitro benzene ring substituents is 1. The summed E-state index contributed by atoms with van der Waals surface area (Å²) in [5.41, 5.74) is 4.19. The highest BCUT2D eigenvalue weighted by Crippen LogP contribution is 2.28. The molecule has 0 bridgehead atoms. The number of aryl methyl sites for hydroxylation is 2. The van der Waals surface area contributed by atoms with Crippen LogP contribution in [0.1, 0.15) is 16.8 Å². The van der Waals surface area contributed by atoms with Crippen LogP contribution in [-0.4, -0.2) is 43.2 Å². The van der Waals surface area contributed by atoms with Crippen LogP contribution in [0.4, 0.5) is 17.2 Å². The number of nitro groups is 1. The molecule has 0 amide bonds. The molecule has 0 atom stereocenters. The molecule has 0 unspecified atom stereocenters. The van der Waals surface area contributed by atoms with Gasteiger partial charge < -0.3 is 14.5 Å². The van der Waals surface area contributed by atoms with Gasteiger partial charge in [-0.25, -0.2) is 4.98 Å². The summed E-state index contributed by atoms with van der Waals surface area (Å²) in [5.74, 6) is 1.02. The lowest BCUT2D eigenvalue weighted by molar-refractivity contribution is -0.384. The zero-order valence-electron chi connectivity index (χ0n) is 15.4. The molecule has 2 heterocycles. The number of pyridine rings is 1. The van der Waals surface area contributed by atoms with Crippen LogP contribution in [0.15, 0.2) is 30.3 Å². The quantitative estimate of drug-likeness (QED) is 0.606. The van der Waals surface area contributed by atoms with E-state index in [1.165, 1.54) is 5.56 Å². The second-order valence-electron chi connectivity index (χ2n) is 6.62. The van der Waals surface area contributed by atoms with E-state index in [1.54, 1.807) is 19.2 Å². The zero-order valence-corrected chi connectivity index (χ0v) is 15.4. The van der Waals surface area contributed by atoms with Crippen LogP contribution in [-0.2, 0) is 11.3 Å². The maximum absolute atomic E-state index is 11.0. The second kappa shape index (κ2) is 7.70. The van der Waals surface area contributed by atoms with Crippen molar-refractivity contribution in [3.63, 3.8) is 0 Å². The SMILES string of the molecule is COCc1cc([N+](=O)[O-])ccc1N1CCN(c2cc(C)cc(C)n2)CC1. The third kappa shape index (κ3) is 3.94. The fourth-order valence-corrected chi connectivity index (χ4v) is 3.42. The summed E-state index contributed by atoms with van der Waals surface area (Å²) in [7, 11) is 1.60. The highest BCUT2D eigenvalue weighted by molar-refractivity contribution is 5.59. The number of rotatable bonds is 5. The van der Waals surface area contributed by atoms with E-state index in [2.05, 4.69) is 33.8 Å². The zero-order chi connectivity index (χ0) is 18.7. The molecule has 1 fully saturated rings. The summed E-state index contributed by atoms with van der Waals surface area (Å²) in [5, 5.41) is 11.0. The minimum Gasteiger partial charge on any atom is -0.380 e. The number of piperazine rings is 1. The van der Waals surface area contributed by atoms with Gasteiger partial charge in [-0.1, -0.05) is 0 Å². The molecule has 7 nitrogen and oxygen atoms in total. The molecule has 26 heavy (non-hydrogen) atoms. The Kier molecular flexibility index (Phi) is 5.37. The van der Waals surface area contributed by atoms with Crippen LogP contribution in [0, 0.1) is 24.0 Å². The van der Waals surface area contributed by atoms with Gasteiger partial charge in [-0.2, -0.15) is 0 Å². The average molecular weight is 356 g/mol. The number of nitrogens with zero attached hydrogens (tertiary/aromatic N) is 4. The van der Waals surface area contributed by atoms with E-state index >= 15 is 0 Å². The summed E-state index contributed by atoms with van der Waals surface area (Å²) < 4.78 is 5.24. The standard InChI is InChI=1S/C19H24N4O3/c1-14-10-15(2)20-19(11-14)22-8-6-21(7-9-22)18-5-4-17(23(24)25)12-16(18)13-26-3/h4-5,10-12H,6-9,13H2,1-3H3. The predicted molar refractivity (Wildman–Crippen MR) is 102 cm³/mol. The average Bonchev–Trinajstić information content (AvgIpc) is 2.61. The fraction of sp³-hybridized carbons (Fsp3) is 0.421. The number of aromatic nitrogens is 1. The van der Waals surface area contributed by atoms with Crippen LogP contribution >= 0.6 is 0 Å². The van der Waals surface area contributed by atoms with Gasteiger partial charge in [0.15, 0.2) is 0 Å². The van der Waals surface area contributed by atoms with E-state index in [-0.39, 0.29) is 10.6 Å². The summed E-state index contributed by atoms with van der Waals surface area (Å²) in [4.78, 5) is 19.9. The topological polar surface area (TPSA) is 71.7 Å². The van der Waals surface area contributed by atoms with Crippen molar-refractivity contribution in [3.8, 4) is 0 Å². The first-order chi connectivity index (χ1) is 12.5. The number of methoxy groups -OCH3 is 1. The number of benzene rings is 1. The summed E-state index contributed by atoms with van der Waals surface area (Å²) in [6.45, 7) is 7.85. The molecular formula is C19H24N4O3. The molecule has 0 N–H and O–H groups in total. The van der Waals surface area contributed by atoms with Gasteiger partial charge in [0, 0.05) is 62.4 Å². The van der Waals surface area contributed by atoms with Gasteiger partial charge in [0.1, 0.15) is 5.82 Å². The number of nitro benzene ring substituents is 1. The van der Waals surface area contributed by atoms with Crippen LogP contribution in [0.5, 0.6) is 0 Å². The maximum Gasteiger partial charge on any atom is 0.269 e. The number of hydrogen-bond acceptors (Lipinski definition) is 6. The van der Waals surface area contributed by atoms with E-state index < -0.39 is 0 Å². The molecule has 1 aliphatic heterocycles. The second-order valence-corrected chi connectivity index (χ2v) is 6.62. The van der Waals surface area contributed by atoms with E-state index in [0.717, 1.165) is 48.9 Å². The van der Waals surface area contributed by atoms with Crippen LogP contribution in [0.2, 0.25) is 0 Å². The highest BCUT2D eigenvalue weighted by atomic mass is 16.6. The van der Waals surface area contributed by atoms with Crippen molar-refractivity contribution in [1.29, 1.82) is 0 Å². The van der Waals surface area contributed by atoms with Gasteiger partial charge in [0.25, 0.3) is 5.69 Å². The van der Waals surface area contributed by atoms with E-state index in [9.17, 15) is 10.1 Å². The lowest BCUT2D eigenvalue weighted by Crippen LogP contribution is -2.47. The van der Waals surface area contributed by atoms with Gasteiger partial charge in [0.2, 0.25) is 0 Å². The number of hydrogen-bond donors (Lipinski definition) is 0. The number of ether oxygens (including phenoxy) is 1. The van der Waals surface area contributed by atoms with E-state index in [1.807, 2.05) is 13.0 Å². The summed E-state index contributed by atoms with van der Waals surface area (Å²) in [6.07, 6.45) is 0. The molecule has 1 saturated heterocycles. The molecule has 3 rings (SSSR count). The third-order valence-electron chi connectivity index (χ3n) is 4.60. The van der Waals surface area contributed by atoms with Crippen molar-refractivity contribution >= 4 is 17.2 Å². The molecule has 1 aromatic carbocycles. The third-order valence-corrected chi connectivity index (χ3v) is 4.60.